The molecule has 0 atom stereocenters. The van der Waals surface area contributed by atoms with E-state index < -0.39 is 11.7 Å². The monoisotopic (exact) mass is 268 g/mol. The van der Waals surface area contributed by atoms with Crippen LogP contribution in [-0.2, 0) is 6.18 Å². The Morgan fingerprint density at radius 3 is 2.53 bits per heavy atom. The van der Waals surface area contributed by atoms with Crippen molar-refractivity contribution < 1.29 is 18.0 Å². The summed E-state index contributed by atoms with van der Waals surface area (Å²) < 4.78 is 39.5. The van der Waals surface area contributed by atoms with Crippen molar-refractivity contribution >= 4 is 11.5 Å². The van der Waals surface area contributed by atoms with Crippen LogP contribution in [0.25, 0.3) is 5.69 Å². The van der Waals surface area contributed by atoms with Crippen LogP contribution in [0.2, 0.25) is 0 Å². The minimum atomic E-state index is -4.48. The van der Waals surface area contributed by atoms with Crippen LogP contribution in [-0.4, -0.2) is 10.4 Å². The van der Waals surface area contributed by atoms with E-state index in [1.165, 1.54) is 23.8 Å². The number of nitrogens with two attached hydrogens (primary N) is 1. The molecule has 0 fully saturated rings. The summed E-state index contributed by atoms with van der Waals surface area (Å²) in [6.45, 7) is 1.35. The van der Waals surface area contributed by atoms with E-state index in [9.17, 15) is 18.0 Å². The number of ketones is 1. The molecule has 0 saturated carbocycles. The first-order chi connectivity index (χ1) is 8.79. The third-order valence-electron chi connectivity index (χ3n) is 2.66. The fourth-order valence-corrected chi connectivity index (χ4v) is 1.83. The number of anilines is 1. The normalized spacial score (nSPS) is 11.6. The highest BCUT2D eigenvalue weighted by Crippen LogP contribution is 2.32. The molecule has 2 N–H and O–H groups in total. The number of aromatic nitrogens is 1. The van der Waals surface area contributed by atoms with Crippen LogP contribution in [0, 0.1) is 0 Å². The van der Waals surface area contributed by atoms with Crippen LogP contribution >= 0.6 is 0 Å². The summed E-state index contributed by atoms with van der Waals surface area (Å²) in [5, 5.41) is 0. The fourth-order valence-electron chi connectivity index (χ4n) is 1.83. The number of nitrogens with zero attached hydrogens (tertiary/aromatic N) is 1. The molecule has 0 unspecified atom stereocenters. The first-order valence-corrected chi connectivity index (χ1v) is 5.45. The van der Waals surface area contributed by atoms with E-state index in [-0.39, 0.29) is 17.2 Å². The second-order valence-electron chi connectivity index (χ2n) is 4.13. The van der Waals surface area contributed by atoms with Crippen molar-refractivity contribution in [3.05, 3.63) is 47.8 Å². The van der Waals surface area contributed by atoms with Gasteiger partial charge in [-0.05, 0) is 30.3 Å². The van der Waals surface area contributed by atoms with Crippen molar-refractivity contribution in [2.24, 2.45) is 0 Å². The number of benzene rings is 1. The molecule has 19 heavy (non-hydrogen) atoms. The van der Waals surface area contributed by atoms with Crippen LogP contribution in [0.5, 0.6) is 0 Å². The van der Waals surface area contributed by atoms with Crippen molar-refractivity contribution in [1.29, 1.82) is 0 Å². The van der Waals surface area contributed by atoms with E-state index in [1.807, 2.05) is 0 Å². The molecule has 6 heteroatoms. The molecule has 100 valence electrons. The van der Waals surface area contributed by atoms with Gasteiger partial charge in [0.1, 0.15) is 0 Å². The Balaban J connectivity index is 2.60. The molecule has 2 aromatic rings. The van der Waals surface area contributed by atoms with Crippen molar-refractivity contribution in [3.63, 3.8) is 0 Å². The highest BCUT2D eigenvalue weighted by molar-refractivity contribution is 5.93. The molecule has 0 aliphatic carbocycles. The van der Waals surface area contributed by atoms with Gasteiger partial charge in [0.25, 0.3) is 0 Å². The maximum absolute atomic E-state index is 12.7. The Morgan fingerprint density at radius 2 is 1.95 bits per heavy atom. The lowest BCUT2D eigenvalue weighted by atomic mass is 10.1. The molecular weight excluding hydrogens is 257 g/mol. The van der Waals surface area contributed by atoms with Gasteiger partial charge < -0.3 is 10.3 Å². The third kappa shape index (κ3) is 2.62. The predicted molar refractivity (Wildman–Crippen MR) is 65.2 cm³/mol. The molecule has 0 saturated heterocycles. The number of nitrogen functional groups attached to an aromatic ring is 1. The van der Waals surface area contributed by atoms with Gasteiger partial charge in [-0.3, -0.25) is 4.79 Å². The van der Waals surface area contributed by atoms with Gasteiger partial charge in [0.05, 0.1) is 11.3 Å². The summed E-state index contributed by atoms with van der Waals surface area (Å²) in [5.74, 6) is -0.235. The molecule has 3 nitrogen and oxygen atoms in total. The van der Waals surface area contributed by atoms with Gasteiger partial charge in [0.2, 0.25) is 0 Å². The van der Waals surface area contributed by atoms with Gasteiger partial charge in [-0.2, -0.15) is 13.2 Å². The first kappa shape index (κ1) is 13.2. The zero-order valence-electron chi connectivity index (χ0n) is 10.0. The quantitative estimate of drug-likeness (QED) is 0.671. The maximum Gasteiger partial charge on any atom is 0.416 e. The first-order valence-electron chi connectivity index (χ1n) is 5.45. The molecule has 0 amide bonds. The van der Waals surface area contributed by atoms with Crippen LogP contribution in [0.15, 0.2) is 36.5 Å². The molecule has 1 heterocycles. The molecular formula is C13H11F3N2O. The minimum absolute atomic E-state index is 0.00646. The van der Waals surface area contributed by atoms with E-state index in [4.69, 9.17) is 5.73 Å². The molecule has 1 aromatic heterocycles. The van der Waals surface area contributed by atoms with E-state index in [0.29, 0.717) is 5.69 Å². The highest BCUT2D eigenvalue weighted by Gasteiger charge is 2.31. The number of carbonyl (C=O) groups is 1. The van der Waals surface area contributed by atoms with E-state index in [2.05, 4.69) is 0 Å². The summed E-state index contributed by atoms with van der Waals surface area (Å²) in [6, 6.07) is 6.34. The number of hydrogen-bond donors (Lipinski definition) is 1. The van der Waals surface area contributed by atoms with Crippen LogP contribution in [0.4, 0.5) is 18.9 Å². The smallest absolute Gasteiger partial charge is 0.399 e. The average molecular weight is 268 g/mol. The van der Waals surface area contributed by atoms with Gasteiger partial charge in [0, 0.05) is 24.5 Å². The van der Waals surface area contributed by atoms with Gasteiger partial charge in [-0.15, -0.1) is 0 Å². The molecule has 0 bridgehead atoms. The Morgan fingerprint density at radius 1 is 1.26 bits per heavy atom. The van der Waals surface area contributed by atoms with Crippen LogP contribution in [0.3, 0.4) is 0 Å². The number of Topliss-reactive ketones (excluding diaryl/α,β-unsaturated/α-hetero) is 1. The van der Waals surface area contributed by atoms with Gasteiger partial charge in [-0.25, -0.2) is 0 Å². The second kappa shape index (κ2) is 4.46. The summed E-state index contributed by atoms with van der Waals surface area (Å²) in [7, 11) is 0. The lowest BCUT2D eigenvalue weighted by molar-refractivity contribution is -0.137. The summed E-state index contributed by atoms with van der Waals surface area (Å²) >= 11 is 0. The van der Waals surface area contributed by atoms with E-state index >= 15 is 0 Å². The maximum atomic E-state index is 12.7. The third-order valence-corrected chi connectivity index (χ3v) is 2.66. The van der Waals surface area contributed by atoms with Crippen LogP contribution < -0.4 is 5.73 Å². The Labute approximate surface area is 107 Å². The number of rotatable bonds is 2. The fraction of sp³-hybridized carbons (Fsp3) is 0.154. The highest BCUT2D eigenvalue weighted by atomic mass is 19.4. The largest absolute Gasteiger partial charge is 0.416 e. The zero-order chi connectivity index (χ0) is 14.2. The Kier molecular flexibility index (Phi) is 3.09. The number of hydrogen-bond acceptors (Lipinski definition) is 2. The second-order valence-corrected chi connectivity index (χ2v) is 4.13. The topological polar surface area (TPSA) is 48.0 Å². The van der Waals surface area contributed by atoms with Crippen LogP contribution in [0.1, 0.15) is 23.0 Å². The van der Waals surface area contributed by atoms with E-state index in [1.54, 1.807) is 12.1 Å². The van der Waals surface area contributed by atoms with Crippen molar-refractivity contribution in [3.8, 4) is 5.69 Å². The lowest BCUT2D eigenvalue weighted by Gasteiger charge is -2.12. The zero-order valence-corrected chi connectivity index (χ0v) is 10.0. The SMILES string of the molecule is CC(=O)c1cccn1-c1cc(N)cc(C(F)(F)F)c1. The minimum Gasteiger partial charge on any atom is -0.399 e. The summed E-state index contributed by atoms with van der Waals surface area (Å²) in [4.78, 5) is 11.4. The summed E-state index contributed by atoms with van der Waals surface area (Å²) in [6.07, 6.45) is -2.96. The number of carbonyl (C=O) groups excluding carboxylic acids is 1. The molecule has 0 aliphatic heterocycles. The van der Waals surface area contributed by atoms with Crippen molar-refractivity contribution in [2.45, 2.75) is 13.1 Å². The summed E-state index contributed by atoms with van der Waals surface area (Å²) in [5.41, 5.74) is 5.16. The number of halogens is 3. The predicted octanol–water partition coefficient (Wildman–Crippen LogP) is 3.28. The average Bonchev–Trinajstić information content (AvgIpc) is 2.75. The van der Waals surface area contributed by atoms with E-state index in [0.717, 1.165) is 12.1 Å². The molecule has 0 spiro atoms. The molecule has 2 rings (SSSR count). The molecule has 0 aliphatic rings. The van der Waals surface area contributed by atoms with Crippen molar-refractivity contribution in [1.82, 2.24) is 4.57 Å². The Hall–Kier alpha value is -2.24. The van der Waals surface area contributed by atoms with Gasteiger partial charge >= 0.3 is 6.18 Å². The number of alkyl halides is 3. The molecule has 1 aromatic carbocycles. The standard InChI is InChI=1S/C13H11F3N2O/c1-8(19)12-3-2-4-18(12)11-6-9(13(14,15)16)5-10(17)7-11/h2-7H,17H2,1H3. The van der Waals surface area contributed by atoms with Gasteiger partial charge in [-0.1, -0.05) is 0 Å². The lowest BCUT2D eigenvalue weighted by Crippen LogP contribution is -2.09. The van der Waals surface area contributed by atoms with Crippen molar-refractivity contribution in [2.75, 3.05) is 5.73 Å². The Bertz CT molecular complexity index is 629. The van der Waals surface area contributed by atoms with Gasteiger partial charge in [0.15, 0.2) is 5.78 Å². The molecule has 0 radical (unpaired) electrons.